The van der Waals surface area contributed by atoms with Gasteiger partial charge in [0.15, 0.2) is 5.82 Å². The lowest BCUT2D eigenvalue weighted by molar-refractivity contribution is 0.392. The van der Waals surface area contributed by atoms with E-state index in [-0.39, 0.29) is 0 Å². The molecule has 0 spiro atoms. The van der Waals surface area contributed by atoms with E-state index in [1.807, 2.05) is 0 Å². The van der Waals surface area contributed by atoms with E-state index in [1.54, 1.807) is 0 Å². The fourth-order valence-electron chi connectivity index (χ4n) is 3.76. The van der Waals surface area contributed by atoms with Gasteiger partial charge in [-0.2, -0.15) is 4.39 Å². The molecular formula is C21H25F2N. The van der Waals surface area contributed by atoms with E-state index in [9.17, 15) is 8.78 Å². The number of rotatable bonds is 5. The van der Waals surface area contributed by atoms with Crippen LogP contribution in [-0.4, -0.2) is 4.98 Å². The molecule has 0 amide bonds. The minimum absolute atomic E-state index is 0.299. The summed E-state index contributed by atoms with van der Waals surface area (Å²) in [4.78, 5) is 3.52. The van der Waals surface area contributed by atoms with Crippen molar-refractivity contribution in [2.45, 2.75) is 63.7 Å². The van der Waals surface area contributed by atoms with E-state index >= 15 is 0 Å². The van der Waals surface area contributed by atoms with Gasteiger partial charge in [0.05, 0.1) is 0 Å². The number of hydrogen-bond donors (Lipinski definition) is 0. The first-order valence-corrected chi connectivity index (χ1v) is 9.07. The Morgan fingerprint density at radius 1 is 0.958 bits per heavy atom. The van der Waals surface area contributed by atoms with Gasteiger partial charge in [-0.1, -0.05) is 37.6 Å². The number of halogens is 2. The van der Waals surface area contributed by atoms with E-state index in [4.69, 9.17) is 0 Å². The van der Waals surface area contributed by atoms with E-state index in [0.29, 0.717) is 11.8 Å². The monoisotopic (exact) mass is 329 g/mol. The van der Waals surface area contributed by atoms with Crippen molar-refractivity contribution in [2.24, 2.45) is 0 Å². The van der Waals surface area contributed by atoms with Gasteiger partial charge in [0.1, 0.15) is 0 Å². The van der Waals surface area contributed by atoms with E-state index in [0.717, 1.165) is 37.7 Å². The van der Waals surface area contributed by atoms with Crippen LogP contribution in [-0.2, 0) is 6.42 Å². The molecule has 0 saturated heterocycles. The summed E-state index contributed by atoms with van der Waals surface area (Å²) >= 11 is 0. The molecule has 1 aromatic carbocycles. The van der Waals surface area contributed by atoms with Crippen LogP contribution in [0.2, 0.25) is 0 Å². The third-order valence-corrected chi connectivity index (χ3v) is 5.29. The molecule has 0 atom stereocenters. The second kappa shape index (κ2) is 7.87. The zero-order valence-corrected chi connectivity index (χ0v) is 14.3. The highest BCUT2D eigenvalue weighted by Gasteiger charge is 2.24. The Kier molecular flexibility index (Phi) is 5.60. The summed E-state index contributed by atoms with van der Waals surface area (Å²) in [5, 5.41) is 0. The van der Waals surface area contributed by atoms with Crippen molar-refractivity contribution in [1.29, 1.82) is 0 Å². The maximum Gasteiger partial charge on any atom is 0.248 e. The van der Waals surface area contributed by atoms with Crippen LogP contribution in [0.5, 0.6) is 0 Å². The van der Waals surface area contributed by atoms with E-state index in [1.165, 1.54) is 36.2 Å². The van der Waals surface area contributed by atoms with Crippen molar-refractivity contribution in [3.8, 4) is 0 Å². The molecule has 1 saturated carbocycles. The Labute approximate surface area is 143 Å². The van der Waals surface area contributed by atoms with Crippen LogP contribution in [0.1, 0.15) is 74.0 Å². The molecule has 1 fully saturated rings. The van der Waals surface area contributed by atoms with Crippen LogP contribution in [0.25, 0.3) is 0 Å². The van der Waals surface area contributed by atoms with Crippen LogP contribution in [0.3, 0.4) is 0 Å². The molecule has 1 aliphatic rings. The largest absolute Gasteiger partial charge is 0.248 e. The first-order valence-electron chi connectivity index (χ1n) is 9.07. The molecule has 1 nitrogen and oxygen atoms in total. The molecule has 0 radical (unpaired) electrons. The molecule has 0 aliphatic heterocycles. The minimum atomic E-state index is -1.00. The summed E-state index contributed by atoms with van der Waals surface area (Å²) in [7, 11) is 0. The number of nitrogens with zero attached hydrogens (tertiary/aromatic N) is 1. The Bertz CT molecular complexity index is 658. The van der Waals surface area contributed by atoms with Crippen LogP contribution in [0.15, 0.2) is 36.5 Å². The average molecular weight is 329 g/mol. The van der Waals surface area contributed by atoms with Gasteiger partial charge in [-0.05, 0) is 73.1 Å². The van der Waals surface area contributed by atoms with Gasteiger partial charge in [-0.15, -0.1) is 0 Å². The van der Waals surface area contributed by atoms with E-state index in [2.05, 4.69) is 36.2 Å². The summed E-state index contributed by atoms with van der Waals surface area (Å²) in [6.45, 7) is 2.22. The lowest BCUT2D eigenvalue weighted by Crippen LogP contribution is -2.13. The van der Waals surface area contributed by atoms with Crippen molar-refractivity contribution in [3.63, 3.8) is 0 Å². The Hall–Kier alpha value is -1.77. The van der Waals surface area contributed by atoms with Crippen LogP contribution < -0.4 is 0 Å². The van der Waals surface area contributed by atoms with Crippen molar-refractivity contribution in [2.75, 3.05) is 0 Å². The molecule has 3 heteroatoms. The van der Waals surface area contributed by atoms with Gasteiger partial charge < -0.3 is 0 Å². The Balaban J connectivity index is 1.59. The van der Waals surface area contributed by atoms with Gasteiger partial charge in [0, 0.05) is 6.20 Å². The maximum atomic E-state index is 13.4. The summed E-state index contributed by atoms with van der Waals surface area (Å²) in [6, 6.07) is 10.4. The Morgan fingerprint density at radius 3 is 2.17 bits per heavy atom. The summed E-state index contributed by atoms with van der Waals surface area (Å²) in [6.07, 6.45) is 9.33. The highest BCUT2D eigenvalue weighted by molar-refractivity contribution is 5.27. The number of aryl methyl sites for hydroxylation is 1. The first kappa shape index (κ1) is 17.1. The lowest BCUT2D eigenvalue weighted by atomic mass is 9.76. The topological polar surface area (TPSA) is 12.9 Å². The quantitative estimate of drug-likeness (QED) is 0.600. The summed E-state index contributed by atoms with van der Waals surface area (Å²) in [5.74, 6) is -0.958. The van der Waals surface area contributed by atoms with Crippen molar-refractivity contribution >= 4 is 0 Å². The van der Waals surface area contributed by atoms with Crippen LogP contribution in [0, 0.1) is 11.8 Å². The zero-order valence-electron chi connectivity index (χ0n) is 14.3. The van der Waals surface area contributed by atoms with Gasteiger partial charge in [0.25, 0.3) is 0 Å². The third-order valence-electron chi connectivity index (χ3n) is 5.29. The van der Waals surface area contributed by atoms with Gasteiger partial charge >= 0.3 is 0 Å². The molecule has 24 heavy (non-hydrogen) atoms. The number of pyridine rings is 1. The average Bonchev–Trinajstić information content (AvgIpc) is 2.63. The molecule has 0 unspecified atom stereocenters. The van der Waals surface area contributed by atoms with Crippen LogP contribution in [0.4, 0.5) is 8.78 Å². The summed E-state index contributed by atoms with van der Waals surface area (Å²) in [5.41, 5.74) is 3.67. The minimum Gasteiger partial charge on any atom is -0.225 e. The first-order chi connectivity index (χ1) is 11.7. The van der Waals surface area contributed by atoms with E-state index < -0.39 is 11.8 Å². The number of hydrogen-bond acceptors (Lipinski definition) is 1. The standard InChI is InChI=1S/C21H25F2N/c1-2-3-4-15-5-7-16(8-6-15)17-9-11-18(12-10-17)19-13-20(22)21(23)24-14-19/h5-8,13-14,17-18H,2-4,9-12H2,1H3. The maximum absolute atomic E-state index is 13.4. The molecule has 1 aromatic heterocycles. The number of benzene rings is 1. The molecule has 1 aliphatic carbocycles. The predicted octanol–water partition coefficient (Wildman–Crippen LogP) is 6.14. The van der Waals surface area contributed by atoms with Gasteiger partial charge in [0.2, 0.25) is 5.95 Å². The summed E-state index contributed by atoms with van der Waals surface area (Å²) < 4.78 is 26.3. The Morgan fingerprint density at radius 2 is 1.58 bits per heavy atom. The lowest BCUT2D eigenvalue weighted by Gasteiger charge is -2.29. The molecule has 128 valence electrons. The van der Waals surface area contributed by atoms with Gasteiger partial charge in [-0.25, -0.2) is 9.37 Å². The predicted molar refractivity (Wildman–Crippen MR) is 93.2 cm³/mol. The smallest absolute Gasteiger partial charge is 0.225 e. The molecule has 0 N–H and O–H groups in total. The second-order valence-electron chi connectivity index (χ2n) is 6.93. The van der Waals surface area contributed by atoms with Gasteiger partial charge in [-0.3, -0.25) is 0 Å². The molecule has 3 rings (SSSR count). The molecule has 0 bridgehead atoms. The fraction of sp³-hybridized carbons (Fsp3) is 0.476. The van der Waals surface area contributed by atoms with Crippen molar-refractivity contribution in [1.82, 2.24) is 4.98 Å². The highest BCUT2D eigenvalue weighted by atomic mass is 19.2. The fourth-order valence-corrected chi connectivity index (χ4v) is 3.76. The zero-order chi connectivity index (χ0) is 16.9. The SMILES string of the molecule is CCCCc1ccc(C2CCC(c3cnc(F)c(F)c3)CC2)cc1. The highest BCUT2D eigenvalue weighted by Crippen LogP contribution is 2.40. The van der Waals surface area contributed by atoms with Crippen molar-refractivity contribution in [3.05, 3.63) is 65.0 Å². The molecule has 2 aromatic rings. The molecule has 1 heterocycles. The normalized spacial score (nSPS) is 21.0. The molecular weight excluding hydrogens is 304 g/mol. The second-order valence-corrected chi connectivity index (χ2v) is 6.93. The van der Waals surface area contributed by atoms with Crippen molar-refractivity contribution < 1.29 is 8.78 Å². The number of aromatic nitrogens is 1. The third kappa shape index (κ3) is 4.00. The number of unbranched alkanes of at least 4 members (excludes halogenated alkanes) is 1. The van der Waals surface area contributed by atoms with Crippen LogP contribution >= 0.6 is 0 Å².